The Morgan fingerprint density at radius 3 is 1.50 bits per heavy atom. The number of allylic oxidation sites excluding steroid dienone is 1. The molecule has 2 heteroatoms. The lowest BCUT2D eigenvalue weighted by Gasteiger charge is -2.06. The van der Waals surface area contributed by atoms with Crippen molar-refractivity contribution in [1.82, 2.24) is 0 Å². The lowest BCUT2D eigenvalue weighted by Crippen LogP contribution is -1.88. The maximum Gasteiger partial charge on any atom is 0.266 e. The summed E-state index contributed by atoms with van der Waals surface area (Å²) in [4.78, 5) is 0. The van der Waals surface area contributed by atoms with Crippen LogP contribution in [0.4, 0.5) is 8.78 Å². The predicted molar refractivity (Wildman–Crippen MR) is 126 cm³/mol. The van der Waals surface area contributed by atoms with Gasteiger partial charge in [0.2, 0.25) is 0 Å². The van der Waals surface area contributed by atoms with Crippen molar-refractivity contribution in [2.24, 2.45) is 0 Å². The first kappa shape index (κ1) is 24.3. The summed E-state index contributed by atoms with van der Waals surface area (Å²) >= 11 is 0. The van der Waals surface area contributed by atoms with Crippen molar-refractivity contribution in [2.75, 3.05) is 0 Å². The zero-order chi connectivity index (χ0) is 21.4. The largest absolute Gasteiger partial charge is 0.266 e. The first-order valence-corrected chi connectivity index (χ1v) is 11.9. The van der Waals surface area contributed by atoms with E-state index in [-0.39, 0.29) is 0 Å². The van der Waals surface area contributed by atoms with Crippen molar-refractivity contribution in [2.45, 2.75) is 90.4 Å². The molecule has 0 heterocycles. The highest BCUT2D eigenvalue weighted by atomic mass is 19.3. The van der Waals surface area contributed by atoms with Crippen molar-refractivity contribution >= 4 is 0 Å². The van der Waals surface area contributed by atoms with Gasteiger partial charge in [0.15, 0.2) is 0 Å². The van der Waals surface area contributed by atoms with E-state index in [4.69, 9.17) is 0 Å². The van der Waals surface area contributed by atoms with E-state index < -0.39 is 6.08 Å². The molecule has 2 rings (SSSR count). The molecule has 2 aromatic rings. The van der Waals surface area contributed by atoms with Gasteiger partial charge in [0.25, 0.3) is 6.08 Å². The second kappa shape index (κ2) is 14.9. The van der Waals surface area contributed by atoms with Crippen LogP contribution in [0.3, 0.4) is 0 Å². The standard InChI is InChI=1S/C28H38F2/c1-2-3-4-5-6-7-8-9-10-11-13-24-16-20-26(21-17-24)27-22-18-25(19-23-27)14-12-15-28(29)30/h15-23H,2-14H2,1H3. The monoisotopic (exact) mass is 412 g/mol. The number of benzene rings is 2. The van der Waals surface area contributed by atoms with E-state index in [1.807, 2.05) is 12.1 Å². The van der Waals surface area contributed by atoms with E-state index in [1.54, 1.807) is 0 Å². The molecule has 0 aliphatic carbocycles. The van der Waals surface area contributed by atoms with E-state index in [0.29, 0.717) is 12.8 Å². The molecule has 0 saturated carbocycles. The fourth-order valence-electron chi connectivity index (χ4n) is 3.89. The lowest BCUT2D eigenvalue weighted by molar-refractivity contribution is 0.417. The molecule has 0 aromatic heterocycles. The smallest absolute Gasteiger partial charge is 0.174 e. The number of hydrogen-bond acceptors (Lipinski definition) is 0. The lowest BCUT2D eigenvalue weighted by atomic mass is 9.99. The van der Waals surface area contributed by atoms with Crippen LogP contribution < -0.4 is 0 Å². The fraction of sp³-hybridized carbons (Fsp3) is 0.500. The average Bonchev–Trinajstić information content (AvgIpc) is 2.76. The molecule has 0 aliphatic rings. The summed E-state index contributed by atoms with van der Waals surface area (Å²) in [7, 11) is 0. The molecule has 30 heavy (non-hydrogen) atoms. The van der Waals surface area contributed by atoms with Crippen LogP contribution in [0.2, 0.25) is 0 Å². The van der Waals surface area contributed by atoms with Crippen LogP contribution in [0, 0.1) is 0 Å². The molecule has 0 spiro atoms. The zero-order valence-electron chi connectivity index (χ0n) is 18.6. The average molecular weight is 413 g/mol. The van der Waals surface area contributed by atoms with Gasteiger partial charge in [0.05, 0.1) is 0 Å². The molecule has 2 aromatic carbocycles. The van der Waals surface area contributed by atoms with Crippen molar-refractivity contribution in [1.29, 1.82) is 0 Å². The van der Waals surface area contributed by atoms with Crippen LogP contribution in [0.5, 0.6) is 0 Å². The molecule has 0 bridgehead atoms. The molecule has 0 amide bonds. The molecular weight excluding hydrogens is 374 g/mol. The molecule has 0 unspecified atom stereocenters. The SMILES string of the molecule is CCCCCCCCCCCCc1ccc(-c2ccc(CCC=C(F)F)cc2)cc1. The van der Waals surface area contributed by atoms with E-state index in [9.17, 15) is 8.78 Å². The Kier molecular flexibility index (Phi) is 12.1. The van der Waals surface area contributed by atoms with Crippen LogP contribution >= 0.6 is 0 Å². The first-order chi connectivity index (χ1) is 14.7. The number of unbranched alkanes of at least 4 members (excludes halogenated alkanes) is 9. The van der Waals surface area contributed by atoms with Crippen molar-refractivity contribution in [3.05, 3.63) is 71.8 Å². The molecule has 0 N–H and O–H groups in total. The highest BCUT2D eigenvalue weighted by Crippen LogP contribution is 2.22. The van der Waals surface area contributed by atoms with E-state index in [2.05, 4.69) is 43.3 Å². The minimum atomic E-state index is -1.59. The normalized spacial score (nSPS) is 10.9. The summed E-state index contributed by atoms with van der Waals surface area (Å²) in [6, 6.07) is 17.1. The fourth-order valence-corrected chi connectivity index (χ4v) is 3.89. The highest BCUT2D eigenvalue weighted by molar-refractivity contribution is 5.64. The second-order valence-corrected chi connectivity index (χ2v) is 8.36. The summed E-state index contributed by atoms with van der Waals surface area (Å²) in [6.07, 6.45) is 15.3. The first-order valence-electron chi connectivity index (χ1n) is 11.9. The molecular formula is C28H38F2. The van der Waals surface area contributed by atoms with Gasteiger partial charge in [0.1, 0.15) is 0 Å². The number of rotatable bonds is 15. The summed E-state index contributed by atoms with van der Waals surface area (Å²) in [5.74, 6) is 0. The van der Waals surface area contributed by atoms with Gasteiger partial charge in [-0.2, -0.15) is 8.78 Å². The van der Waals surface area contributed by atoms with E-state index in [1.165, 1.54) is 80.9 Å². The Balaban J connectivity index is 1.64. The van der Waals surface area contributed by atoms with Crippen LogP contribution in [0.1, 0.15) is 88.7 Å². The minimum Gasteiger partial charge on any atom is -0.174 e. The summed E-state index contributed by atoms with van der Waals surface area (Å²) < 4.78 is 24.2. The third-order valence-corrected chi connectivity index (χ3v) is 5.79. The maximum atomic E-state index is 12.1. The van der Waals surface area contributed by atoms with Crippen molar-refractivity contribution < 1.29 is 8.78 Å². The summed E-state index contributed by atoms with van der Waals surface area (Å²) in [6.45, 7) is 2.27. The van der Waals surface area contributed by atoms with Crippen molar-refractivity contribution in [3.8, 4) is 11.1 Å². The molecule has 0 radical (unpaired) electrons. The molecule has 164 valence electrons. The third-order valence-electron chi connectivity index (χ3n) is 5.79. The molecule has 0 fully saturated rings. The second-order valence-electron chi connectivity index (χ2n) is 8.36. The minimum absolute atomic E-state index is 0.384. The number of halogens is 2. The van der Waals surface area contributed by atoms with Gasteiger partial charge in [-0.1, -0.05) is 113 Å². The van der Waals surface area contributed by atoms with Crippen LogP contribution in [-0.2, 0) is 12.8 Å². The number of aryl methyl sites for hydroxylation is 2. The predicted octanol–water partition coefficient (Wildman–Crippen LogP) is 9.53. The van der Waals surface area contributed by atoms with Crippen LogP contribution in [-0.4, -0.2) is 0 Å². The van der Waals surface area contributed by atoms with E-state index in [0.717, 1.165) is 18.1 Å². The maximum absolute atomic E-state index is 12.1. The van der Waals surface area contributed by atoms with Gasteiger partial charge in [-0.25, -0.2) is 0 Å². The quantitative estimate of drug-likeness (QED) is 0.255. The Labute approximate surface area is 182 Å². The highest BCUT2D eigenvalue weighted by Gasteiger charge is 2.00. The molecule has 0 atom stereocenters. The van der Waals surface area contributed by atoms with Gasteiger partial charge in [-0.05, 0) is 54.0 Å². The number of hydrogen-bond donors (Lipinski definition) is 0. The topological polar surface area (TPSA) is 0 Å². The van der Waals surface area contributed by atoms with Gasteiger partial charge in [0, 0.05) is 0 Å². The van der Waals surface area contributed by atoms with Crippen LogP contribution in [0.25, 0.3) is 11.1 Å². The third kappa shape index (κ3) is 10.2. The van der Waals surface area contributed by atoms with Gasteiger partial charge < -0.3 is 0 Å². The Morgan fingerprint density at radius 1 is 0.600 bits per heavy atom. The van der Waals surface area contributed by atoms with Gasteiger partial charge in [-0.15, -0.1) is 0 Å². The Morgan fingerprint density at radius 2 is 1.03 bits per heavy atom. The Hall–Kier alpha value is -1.96. The van der Waals surface area contributed by atoms with Gasteiger partial charge >= 0.3 is 0 Å². The molecule has 0 aliphatic heterocycles. The summed E-state index contributed by atoms with van der Waals surface area (Å²) in [5, 5.41) is 0. The Bertz CT molecular complexity index is 709. The molecule has 0 nitrogen and oxygen atoms in total. The van der Waals surface area contributed by atoms with Gasteiger partial charge in [-0.3, -0.25) is 0 Å². The zero-order valence-corrected chi connectivity index (χ0v) is 18.6. The molecule has 0 saturated heterocycles. The van der Waals surface area contributed by atoms with E-state index >= 15 is 0 Å². The van der Waals surface area contributed by atoms with Crippen molar-refractivity contribution in [3.63, 3.8) is 0 Å². The van der Waals surface area contributed by atoms with Crippen LogP contribution in [0.15, 0.2) is 60.7 Å². The summed E-state index contributed by atoms with van der Waals surface area (Å²) in [5.41, 5.74) is 4.89.